The van der Waals surface area contributed by atoms with Crippen LogP contribution in [-0.2, 0) is 11.3 Å². The Morgan fingerprint density at radius 1 is 0.930 bits per heavy atom. The number of carbonyl (C=O) groups excluding carboxylic acids is 1. The average molecular weight is 576 g/mol. The molecule has 3 aromatic carbocycles. The maximum absolute atomic E-state index is 15.5. The summed E-state index contributed by atoms with van der Waals surface area (Å²) in [4.78, 5) is 25.0. The van der Waals surface area contributed by atoms with Crippen molar-refractivity contribution in [2.24, 2.45) is 5.92 Å². The summed E-state index contributed by atoms with van der Waals surface area (Å²) in [5, 5.41) is 6.78. The summed E-state index contributed by atoms with van der Waals surface area (Å²) in [6.45, 7) is 5.17. The molecule has 218 valence electrons. The molecule has 8 heteroatoms. The van der Waals surface area contributed by atoms with Crippen molar-refractivity contribution in [1.82, 2.24) is 20.3 Å². The molecular weight excluding hydrogens is 541 g/mol. The van der Waals surface area contributed by atoms with Gasteiger partial charge in [-0.1, -0.05) is 30.3 Å². The van der Waals surface area contributed by atoms with E-state index in [4.69, 9.17) is 4.74 Å². The molecule has 0 spiro atoms. The number of fused-ring (bicyclic) bond motifs is 1. The molecule has 0 radical (unpaired) electrons. The van der Waals surface area contributed by atoms with E-state index >= 15 is 4.39 Å². The number of carbonyl (C=O) groups is 1. The lowest BCUT2D eigenvalue weighted by Gasteiger charge is -2.18. The summed E-state index contributed by atoms with van der Waals surface area (Å²) in [6.07, 6.45) is 7.20. The van der Waals surface area contributed by atoms with Crippen LogP contribution in [0.3, 0.4) is 0 Å². The summed E-state index contributed by atoms with van der Waals surface area (Å²) in [6, 6.07) is 17.6. The van der Waals surface area contributed by atoms with Crippen molar-refractivity contribution in [3.63, 3.8) is 0 Å². The second-order valence-electron chi connectivity index (χ2n) is 11.1. The van der Waals surface area contributed by atoms with E-state index in [1.54, 1.807) is 31.8 Å². The van der Waals surface area contributed by atoms with E-state index in [9.17, 15) is 4.79 Å². The number of halogens is 1. The van der Waals surface area contributed by atoms with Crippen LogP contribution < -0.4 is 15.4 Å². The third-order valence-electron chi connectivity index (χ3n) is 8.37. The van der Waals surface area contributed by atoms with Gasteiger partial charge < -0.3 is 15.4 Å². The molecule has 1 saturated carbocycles. The van der Waals surface area contributed by atoms with Gasteiger partial charge in [-0.05, 0) is 90.4 Å². The molecule has 1 atom stereocenters. The highest BCUT2D eigenvalue weighted by Gasteiger charge is 2.22. The Bertz CT molecular complexity index is 1820. The number of hydrogen-bond acceptors (Lipinski definition) is 7. The van der Waals surface area contributed by atoms with Crippen molar-refractivity contribution in [1.29, 1.82) is 0 Å². The summed E-state index contributed by atoms with van der Waals surface area (Å²) in [5.41, 5.74) is 8.78. The lowest BCUT2D eigenvalue weighted by Crippen LogP contribution is -2.22. The van der Waals surface area contributed by atoms with Gasteiger partial charge in [0.2, 0.25) is 0 Å². The third kappa shape index (κ3) is 5.83. The standard InChI is InChI=1S/C35H34FN5O2/c1-21-26(24-17-30(36)29(33(18-24)43-3)20-37-19-23-10-11-25(42)16-23)6-4-7-27(21)28-8-5-9-31(22(28)2)41-35-34-32(12-13-40-35)38-14-15-39-34/h4-9,12-15,17-18,23,37H,10-11,16,19-20H2,1-3H3,(H,40,41)/t23-/m0/s1. The third-order valence-corrected chi connectivity index (χ3v) is 8.37. The van der Waals surface area contributed by atoms with Crippen LogP contribution in [0.1, 0.15) is 36.0 Å². The zero-order valence-electron chi connectivity index (χ0n) is 24.6. The Morgan fingerprint density at radius 2 is 1.70 bits per heavy atom. The monoisotopic (exact) mass is 575 g/mol. The lowest BCUT2D eigenvalue weighted by molar-refractivity contribution is -0.117. The molecule has 6 rings (SSSR count). The van der Waals surface area contributed by atoms with E-state index < -0.39 is 0 Å². The van der Waals surface area contributed by atoms with E-state index in [-0.39, 0.29) is 5.82 Å². The number of nitrogens with zero attached hydrogens (tertiary/aromatic N) is 3. The van der Waals surface area contributed by atoms with E-state index in [1.165, 1.54) is 0 Å². The van der Waals surface area contributed by atoms with Crippen molar-refractivity contribution >= 4 is 28.3 Å². The van der Waals surface area contributed by atoms with Gasteiger partial charge in [-0.3, -0.25) is 9.78 Å². The first kappa shape index (κ1) is 28.4. The minimum atomic E-state index is -0.317. The molecule has 2 heterocycles. The second kappa shape index (κ2) is 12.3. The van der Waals surface area contributed by atoms with Crippen LogP contribution in [0.4, 0.5) is 15.9 Å². The SMILES string of the molecule is COc1cc(-c2cccc(-c3cccc(Nc4nccc5nccnc45)c3C)c2C)cc(F)c1CNC[C@H]1CCC(=O)C1. The predicted octanol–water partition coefficient (Wildman–Crippen LogP) is 7.33. The zero-order chi connectivity index (χ0) is 29.9. The van der Waals surface area contributed by atoms with Crippen LogP contribution in [0, 0.1) is 25.6 Å². The fraction of sp³-hybridized carbons (Fsp3) is 0.257. The van der Waals surface area contributed by atoms with Gasteiger partial charge in [0, 0.05) is 49.2 Å². The Hall–Kier alpha value is -4.69. The largest absolute Gasteiger partial charge is 0.496 e. The van der Waals surface area contributed by atoms with Crippen LogP contribution in [0.15, 0.2) is 73.2 Å². The number of pyridine rings is 1. The van der Waals surface area contributed by atoms with Gasteiger partial charge in [0.25, 0.3) is 0 Å². The van der Waals surface area contributed by atoms with Crippen LogP contribution in [-0.4, -0.2) is 34.4 Å². The van der Waals surface area contributed by atoms with Crippen molar-refractivity contribution in [2.75, 3.05) is 19.0 Å². The van der Waals surface area contributed by atoms with Crippen LogP contribution in [0.25, 0.3) is 33.3 Å². The molecule has 2 aromatic heterocycles. The van der Waals surface area contributed by atoms with E-state index in [0.717, 1.165) is 51.0 Å². The topological polar surface area (TPSA) is 89.0 Å². The smallest absolute Gasteiger partial charge is 0.158 e. The Balaban J connectivity index is 1.29. The predicted molar refractivity (Wildman–Crippen MR) is 168 cm³/mol. The first-order valence-corrected chi connectivity index (χ1v) is 14.5. The number of hydrogen-bond donors (Lipinski definition) is 2. The normalized spacial score (nSPS) is 14.8. The van der Waals surface area contributed by atoms with Crippen LogP contribution in [0.2, 0.25) is 0 Å². The van der Waals surface area contributed by atoms with Gasteiger partial charge in [0.1, 0.15) is 22.9 Å². The molecule has 5 aromatic rings. The minimum absolute atomic E-state index is 0.312. The average Bonchev–Trinajstić information content (AvgIpc) is 3.44. The number of ether oxygens (including phenoxy) is 1. The van der Waals surface area contributed by atoms with Gasteiger partial charge in [-0.25, -0.2) is 14.4 Å². The molecule has 0 bridgehead atoms. The lowest BCUT2D eigenvalue weighted by atomic mass is 9.90. The summed E-state index contributed by atoms with van der Waals surface area (Å²) < 4.78 is 21.2. The molecule has 1 aliphatic rings. The van der Waals surface area contributed by atoms with Crippen LogP contribution >= 0.6 is 0 Å². The highest BCUT2D eigenvalue weighted by Crippen LogP contribution is 2.38. The number of aromatic nitrogens is 3. The van der Waals surface area contributed by atoms with Crippen molar-refractivity contribution in [3.8, 4) is 28.0 Å². The number of nitrogens with one attached hydrogen (secondary N) is 2. The van der Waals surface area contributed by atoms with Gasteiger partial charge >= 0.3 is 0 Å². The quantitative estimate of drug-likeness (QED) is 0.190. The van der Waals surface area contributed by atoms with E-state index in [2.05, 4.69) is 51.6 Å². The molecule has 43 heavy (non-hydrogen) atoms. The minimum Gasteiger partial charge on any atom is -0.496 e. The molecule has 7 nitrogen and oxygen atoms in total. The van der Waals surface area contributed by atoms with Gasteiger partial charge in [0.15, 0.2) is 5.82 Å². The highest BCUT2D eigenvalue weighted by molar-refractivity contribution is 5.89. The number of rotatable bonds is 9. The summed E-state index contributed by atoms with van der Waals surface area (Å²) in [7, 11) is 1.57. The maximum Gasteiger partial charge on any atom is 0.158 e. The number of benzene rings is 3. The first-order valence-electron chi connectivity index (χ1n) is 14.5. The first-order chi connectivity index (χ1) is 20.9. The summed E-state index contributed by atoms with van der Waals surface area (Å²) in [5.74, 6) is 1.46. The van der Waals surface area contributed by atoms with E-state index in [1.807, 2.05) is 36.4 Å². The number of methoxy groups -OCH3 is 1. The molecule has 0 saturated heterocycles. The fourth-order valence-electron chi connectivity index (χ4n) is 6.01. The Labute approximate surface area is 250 Å². The number of Topliss-reactive ketones (excluding diaryl/α,β-unsaturated/α-hetero) is 1. The highest BCUT2D eigenvalue weighted by atomic mass is 19.1. The Kier molecular flexibility index (Phi) is 8.11. The van der Waals surface area contributed by atoms with Gasteiger partial charge in [0.05, 0.1) is 12.6 Å². The molecule has 0 amide bonds. The summed E-state index contributed by atoms with van der Waals surface area (Å²) >= 11 is 0. The maximum atomic E-state index is 15.5. The molecule has 0 unspecified atom stereocenters. The molecule has 1 aliphatic carbocycles. The zero-order valence-corrected chi connectivity index (χ0v) is 24.6. The van der Waals surface area contributed by atoms with Crippen molar-refractivity contribution in [2.45, 2.75) is 39.7 Å². The van der Waals surface area contributed by atoms with E-state index in [0.29, 0.717) is 60.3 Å². The van der Waals surface area contributed by atoms with Gasteiger partial charge in [-0.2, -0.15) is 0 Å². The van der Waals surface area contributed by atoms with Crippen LogP contribution in [0.5, 0.6) is 5.75 Å². The molecular formula is C35H34FN5O2. The number of anilines is 2. The van der Waals surface area contributed by atoms with Gasteiger partial charge in [-0.15, -0.1) is 0 Å². The fourth-order valence-corrected chi connectivity index (χ4v) is 6.01. The second-order valence-corrected chi connectivity index (χ2v) is 11.1. The number of ketones is 1. The molecule has 0 aliphatic heterocycles. The van der Waals surface area contributed by atoms with Crippen molar-refractivity contribution < 1.29 is 13.9 Å². The molecule has 2 N–H and O–H groups in total. The Morgan fingerprint density at radius 3 is 2.49 bits per heavy atom. The molecule has 1 fully saturated rings. The van der Waals surface area contributed by atoms with Crippen molar-refractivity contribution in [3.05, 3.63) is 95.7 Å².